The standard InChI is InChI=1S/C18H30.C6H15NO3/c1-2-3-4-5-6-7-8-9-10-12-15-18-16-13-11-14-17-18;8-4-1-7(2-5-9)3-6-10/h11,13-14,16-17H,2-10,12,15H2,1H3;8-10H,1-6H2. The van der Waals surface area contributed by atoms with Gasteiger partial charge in [0.1, 0.15) is 0 Å². The molecule has 1 aromatic rings. The molecule has 0 aliphatic rings. The molecule has 0 bridgehead atoms. The van der Waals surface area contributed by atoms with Crippen molar-refractivity contribution in [1.29, 1.82) is 0 Å². The van der Waals surface area contributed by atoms with Crippen molar-refractivity contribution in [2.75, 3.05) is 39.5 Å². The van der Waals surface area contributed by atoms with E-state index in [-0.39, 0.29) is 19.8 Å². The zero-order valence-corrected chi connectivity index (χ0v) is 18.2. The van der Waals surface area contributed by atoms with Gasteiger partial charge in [-0.1, -0.05) is 95.0 Å². The van der Waals surface area contributed by atoms with Gasteiger partial charge in [0.2, 0.25) is 0 Å². The summed E-state index contributed by atoms with van der Waals surface area (Å²) in [5, 5.41) is 25.5. The first-order valence-corrected chi connectivity index (χ1v) is 11.4. The van der Waals surface area contributed by atoms with E-state index in [0.29, 0.717) is 19.6 Å². The highest BCUT2D eigenvalue weighted by Crippen LogP contribution is 2.12. The summed E-state index contributed by atoms with van der Waals surface area (Å²) in [6, 6.07) is 10.9. The molecule has 0 radical (unpaired) electrons. The van der Waals surface area contributed by atoms with Crippen LogP contribution in [0.15, 0.2) is 30.3 Å². The molecule has 0 aromatic heterocycles. The maximum absolute atomic E-state index is 8.48. The van der Waals surface area contributed by atoms with Gasteiger partial charge >= 0.3 is 0 Å². The molecule has 0 aliphatic carbocycles. The van der Waals surface area contributed by atoms with Gasteiger partial charge in [-0.25, -0.2) is 0 Å². The minimum atomic E-state index is 0.0694. The van der Waals surface area contributed by atoms with Crippen molar-refractivity contribution in [2.24, 2.45) is 0 Å². The quantitative estimate of drug-likeness (QED) is 0.342. The number of hydrogen-bond acceptors (Lipinski definition) is 4. The summed E-state index contributed by atoms with van der Waals surface area (Å²) in [4.78, 5) is 1.79. The summed E-state index contributed by atoms with van der Waals surface area (Å²) in [7, 11) is 0. The largest absolute Gasteiger partial charge is 0.395 e. The maximum Gasteiger partial charge on any atom is 0.0558 e. The lowest BCUT2D eigenvalue weighted by molar-refractivity contribution is 0.136. The second-order valence-corrected chi connectivity index (χ2v) is 7.43. The minimum absolute atomic E-state index is 0.0694. The van der Waals surface area contributed by atoms with E-state index in [0.717, 1.165) is 0 Å². The highest BCUT2D eigenvalue weighted by molar-refractivity contribution is 5.14. The molecule has 0 amide bonds. The molecule has 1 aromatic carbocycles. The number of nitrogens with zero attached hydrogens (tertiary/aromatic N) is 1. The van der Waals surface area contributed by atoms with Crippen LogP contribution in [-0.2, 0) is 6.42 Å². The Balaban J connectivity index is 0.000000621. The molecule has 0 saturated heterocycles. The topological polar surface area (TPSA) is 63.9 Å². The first kappa shape index (κ1) is 27.1. The lowest BCUT2D eigenvalue weighted by Crippen LogP contribution is -2.32. The molecule has 0 fully saturated rings. The normalized spacial score (nSPS) is 10.8. The van der Waals surface area contributed by atoms with E-state index in [1.54, 1.807) is 4.90 Å². The Kier molecular flexibility index (Phi) is 21.6. The highest BCUT2D eigenvalue weighted by atomic mass is 16.3. The molecule has 0 heterocycles. The molecule has 0 spiro atoms. The Hall–Kier alpha value is -0.940. The van der Waals surface area contributed by atoms with E-state index in [1.165, 1.54) is 76.2 Å². The average molecular weight is 396 g/mol. The van der Waals surface area contributed by atoms with E-state index in [4.69, 9.17) is 15.3 Å². The van der Waals surface area contributed by atoms with Gasteiger partial charge in [-0.3, -0.25) is 4.90 Å². The van der Waals surface area contributed by atoms with Gasteiger partial charge in [-0.05, 0) is 18.4 Å². The van der Waals surface area contributed by atoms with Crippen LogP contribution in [0.4, 0.5) is 0 Å². The number of unbranched alkanes of at least 4 members (excludes halogenated alkanes) is 9. The van der Waals surface area contributed by atoms with Crippen LogP contribution in [0.3, 0.4) is 0 Å². The van der Waals surface area contributed by atoms with Crippen LogP contribution in [-0.4, -0.2) is 59.7 Å². The van der Waals surface area contributed by atoms with Crippen molar-refractivity contribution in [2.45, 2.75) is 77.6 Å². The Labute approximate surface area is 173 Å². The van der Waals surface area contributed by atoms with Crippen molar-refractivity contribution < 1.29 is 15.3 Å². The molecule has 4 nitrogen and oxygen atoms in total. The molecule has 0 saturated carbocycles. The lowest BCUT2D eigenvalue weighted by Gasteiger charge is -2.17. The third-order valence-corrected chi connectivity index (χ3v) is 4.91. The summed E-state index contributed by atoms with van der Waals surface area (Å²) < 4.78 is 0. The molecule has 1 rings (SSSR count). The van der Waals surface area contributed by atoms with Gasteiger partial charge in [0.15, 0.2) is 0 Å². The SMILES string of the molecule is CCCCCCCCCCCCc1ccccc1.OCCN(CCO)CCO. The molecule has 0 atom stereocenters. The smallest absolute Gasteiger partial charge is 0.0558 e. The molecular weight excluding hydrogens is 350 g/mol. The summed E-state index contributed by atoms with van der Waals surface area (Å²) in [5.41, 5.74) is 1.50. The number of hydrogen-bond donors (Lipinski definition) is 3. The van der Waals surface area contributed by atoms with Gasteiger partial charge in [-0.15, -0.1) is 0 Å². The predicted molar refractivity (Wildman–Crippen MR) is 120 cm³/mol. The van der Waals surface area contributed by atoms with Gasteiger partial charge in [-0.2, -0.15) is 0 Å². The first-order chi connectivity index (χ1) is 13.8. The fourth-order valence-electron chi connectivity index (χ4n) is 3.22. The summed E-state index contributed by atoms with van der Waals surface area (Å²) in [6.07, 6.45) is 15.5. The average Bonchev–Trinajstić information content (AvgIpc) is 2.71. The van der Waals surface area contributed by atoms with Crippen LogP contribution < -0.4 is 0 Å². The number of aliphatic hydroxyl groups is 3. The van der Waals surface area contributed by atoms with Gasteiger partial charge < -0.3 is 15.3 Å². The van der Waals surface area contributed by atoms with Crippen LogP contribution in [0, 0.1) is 0 Å². The van der Waals surface area contributed by atoms with Crippen molar-refractivity contribution in [1.82, 2.24) is 4.90 Å². The third-order valence-electron chi connectivity index (χ3n) is 4.91. The van der Waals surface area contributed by atoms with Gasteiger partial charge in [0.05, 0.1) is 19.8 Å². The maximum atomic E-state index is 8.48. The Morgan fingerprint density at radius 3 is 1.46 bits per heavy atom. The number of benzene rings is 1. The molecule has 164 valence electrons. The van der Waals surface area contributed by atoms with E-state index < -0.39 is 0 Å². The van der Waals surface area contributed by atoms with Crippen LogP contribution in [0.5, 0.6) is 0 Å². The Morgan fingerprint density at radius 1 is 0.607 bits per heavy atom. The minimum Gasteiger partial charge on any atom is -0.395 e. The molecule has 28 heavy (non-hydrogen) atoms. The summed E-state index contributed by atoms with van der Waals surface area (Å²) in [5.74, 6) is 0. The predicted octanol–water partition coefficient (Wildman–Crippen LogP) is 4.42. The lowest BCUT2D eigenvalue weighted by atomic mass is 10.0. The van der Waals surface area contributed by atoms with Gasteiger partial charge in [0.25, 0.3) is 0 Å². The fraction of sp³-hybridized carbons (Fsp3) is 0.750. The summed E-state index contributed by atoms with van der Waals surface area (Å²) in [6.45, 7) is 4.04. The van der Waals surface area contributed by atoms with Crippen molar-refractivity contribution in [3.05, 3.63) is 35.9 Å². The second-order valence-electron chi connectivity index (χ2n) is 7.43. The van der Waals surface area contributed by atoms with Crippen LogP contribution in [0.2, 0.25) is 0 Å². The Morgan fingerprint density at radius 2 is 1.04 bits per heavy atom. The van der Waals surface area contributed by atoms with Crippen LogP contribution in [0.1, 0.15) is 76.7 Å². The van der Waals surface area contributed by atoms with E-state index in [1.807, 2.05) is 0 Å². The molecule has 4 heteroatoms. The van der Waals surface area contributed by atoms with Gasteiger partial charge in [0, 0.05) is 19.6 Å². The first-order valence-electron chi connectivity index (χ1n) is 11.4. The number of aliphatic hydroxyl groups excluding tert-OH is 3. The van der Waals surface area contributed by atoms with Crippen molar-refractivity contribution in [3.63, 3.8) is 0 Å². The monoisotopic (exact) mass is 395 g/mol. The zero-order chi connectivity index (χ0) is 20.7. The Bertz CT molecular complexity index is 386. The molecular formula is C24H45NO3. The van der Waals surface area contributed by atoms with Crippen molar-refractivity contribution >= 4 is 0 Å². The number of aryl methyl sites for hydroxylation is 1. The fourth-order valence-corrected chi connectivity index (χ4v) is 3.22. The van der Waals surface area contributed by atoms with E-state index in [2.05, 4.69) is 37.3 Å². The highest BCUT2D eigenvalue weighted by Gasteiger charge is 2.00. The van der Waals surface area contributed by atoms with E-state index in [9.17, 15) is 0 Å². The van der Waals surface area contributed by atoms with E-state index >= 15 is 0 Å². The summed E-state index contributed by atoms with van der Waals surface area (Å²) >= 11 is 0. The molecule has 0 aliphatic heterocycles. The third kappa shape index (κ3) is 18.4. The molecule has 3 N–H and O–H groups in total. The number of rotatable bonds is 17. The second kappa shape index (κ2) is 22.4. The molecule has 0 unspecified atom stereocenters. The zero-order valence-electron chi connectivity index (χ0n) is 18.2. The van der Waals surface area contributed by atoms with Crippen molar-refractivity contribution in [3.8, 4) is 0 Å². The van der Waals surface area contributed by atoms with Crippen LogP contribution >= 0.6 is 0 Å². The van der Waals surface area contributed by atoms with Crippen LogP contribution in [0.25, 0.3) is 0 Å².